The van der Waals surface area contributed by atoms with Crippen LogP contribution in [0.5, 0.6) is 0 Å². The van der Waals surface area contributed by atoms with Crippen molar-refractivity contribution in [2.24, 2.45) is 7.05 Å². The molecule has 1 aromatic heterocycles. The summed E-state index contributed by atoms with van der Waals surface area (Å²) < 4.78 is 1.91. The van der Waals surface area contributed by atoms with E-state index in [9.17, 15) is 9.90 Å². The minimum Gasteiger partial charge on any atom is -0.478 e. The van der Waals surface area contributed by atoms with Crippen molar-refractivity contribution >= 4 is 16.9 Å². The fourth-order valence-corrected chi connectivity index (χ4v) is 2.24. The minimum atomic E-state index is -0.855. The van der Waals surface area contributed by atoms with Crippen LogP contribution < -0.4 is 0 Å². The highest BCUT2D eigenvalue weighted by Gasteiger charge is 2.16. The van der Waals surface area contributed by atoms with Gasteiger partial charge in [0.2, 0.25) is 0 Å². The molecule has 16 heavy (non-hydrogen) atoms. The summed E-state index contributed by atoms with van der Waals surface area (Å²) in [5, 5.41) is 10.3. The summed E-state index contributed by atoms with van der Waals surface area (Å²) in [5.74, 6) is -0.855. The second-order valence-electron chi connectivity index (χ2n) is 4.08. The molecule has 0 atom stereocenters. The van der Waals surface area contributed by atoms with Crippen LogP contribution in [0.25, 0.3) is 10.9 Å². The molecule has 3 heteroatoms. The predicted molar refractivity (Wildman–Crippen MR) is 64.0 cm³/mol. The van der Waals surface area contributed by atoms with Crippen molar-refractivity contribution in [2.45, 2.75) is 20.3 Å². The molecule has 1 heterocycles. The Hall–Kier alpha value is -1.77. The van der Waals surface area contributed by atoms with Crippen molar-refractivity contribution in [1.82, 2.24) is 4.57 Å². The van der Waals surface area contributed by atoms with Crippen LogP contribution in [0.2, 0.25) is 0 Å². The van der Waals surface area contributed by atoms with E-state index >= 15 is 0 Å². The molecule has 0 unspecified atom stereocenters. The van der Waals surface area contributed by atoms with Crippen LogP contribution >= 0.6 is 0 Å². The molecule has 0 saturated carbocycles. The molecule has 2 rings (SSSR count). The molecule has 0 fully saturated rings. The molecule has 0 radical (unpaired) electrons. The lowest BCUT2D eigenvalue weighted by atomic mass is 10.0. The highest BCUT2D eigenvalue weighted by Crippen LogP contribution is 2.26. The van der Waals surface area contributed by atoms with E-state index in [1.165, 1.54) is 5.56 Å². The van der Waals surface area contributed by atoms with Crippen molar-refractivity contribution in [3.63, 3.8) is 0 Å². The zero-order valence-corrected chi connectivity index (χ0v) is 9.74. The molecule has 0 bridgehead atoms. The Labute approximate surface area is 94.3 Å². The van der Waals surface area contributed by atoms with Crippen molar-refractivity contribution in [1.29, 1.82) is 0 Å². The lowest BCUT2D eigenvalue weighted by molar-refractivity contribution is 0.0698. The number of aromatic nitrogens is 1. The van der Waals surface area contributed by atoms with Gasteiger partial charge in [-0.3, -0.25) is 0 Å². The van der Waals surface area contributed by atoms with Crippen LogP contribution in [-0.2, 0) is 13.5 Å². The van der Waals surface area contributed by atoms with E-state index in [0.29, 0.717) is 5.56 Å². The average Bonchev–Trinajstić information content (AvgIpc) is 2.55. The Balaban J connectivity index is 2.92. The lowest BCUT2D eigenvalue weighted by Gasteiger charge is -2.05. The van der Waals surface area contributed by atoms with Crippen molar-refractivity contribution in [2.75, 3.05) is 0 Å². The molecule has 0 aliphatic carbocycles. The Kier molecular flexibility index (Phi) is 2.46. The number of aryl methyl sites for hydroxylation is 3. The second kappa shape index (κ2) is 3.67. The highest BCUT2D eigenvalue weighted by molar-refractivity contribution is 6.04. The lowest BCUT2D eigenvalue weighted by Crippen LogP contribution is -2.03. The smallest absolute Gasteiger partial charge is 0.338 e. The maximum atomic E-state index is 11.3. The van der Waals surface area contributed by atoms with Gasteiger partial charge in [0.25, 0.3) is 0 Å². The summed E-state index contributed by atoms with van der Waals surface area (Å²) in [6.07, 6.45) is 2.93. The third kappa shape index (κ3) is 1.40. The number of benzene rings is 1. The van der Waals surface area contributed by atoms with Crippen LogP contribution in [0, 0.1) is 6.92 Å². The van der Waals surface area contributed by atoms with Crippen LogP contribution in [0.15, 0.2) is 18.3 Å². The maximum Gasteiger partial charge on any atom is 0.338 e. The zero-order valence-electron chi connectivity index (χ0n) is 9.74. The van der Waals surface area contributed by atoms with Gasteiger partial charge in [0, 0.05) is 18.6 Å². The molecule has 84 valence electrons. The van der Waals surface area contributed by atoms with Gasteiger partial charge in [-0.25, -0.2) is 4.79 Å². The largest absolute Gasteiger partial charge is 0.478 e. The predicted octanol–water partition coefficient (Wildman–Crippen LogP) is 2.75. The number of rotatable bonds is 2. The molecule has 0 spiro atoms. The molecule has 1 N–H and O–H groups in total. The number of hydrogen-bond acceptors (Lipinski definition) is 1. The van der Waals surface area contributed by atoms with Gasteiger partial charge in [0.1, 0.15) is 0 Å². The monoisotopic (exact) mass is 217 g/mol. The molecular formula is C13H15NO2. The first-order chi connectivity index (χ1) is 7.56. The van der Waals surface area contributed by atoms with Gasteiger partial charge >= 0.3 is 5.97 Å². The molecule has 0 aliphatic heterocycles. The molecule has 0 aliphatic rings. The van der Waals surface area contributed by atoms with E-state index in [1.54, 1.807) is 0 Å². The van der Waals surface area contributed by atoms with Gasteiger partial charge in [-0.05, 0) is 24.5 Å². The number of hydrogen-bond donors (Lipinski definition) is 1. The Morgan fingerprint density at radius 2 is 2.12 bits per heavy atom. The van der Waals surface area contributed by atoms with Gasteiger partial charge in [0.15, 0.2) is 0 Å². The maximum absolute atomic E-state index is 11.3. The van der Waals surface area contributed by atoms with Crippen molar-refractivity contribution in [3.05, 3.63) is 35.0 Å². The fourth-order valence-electron chi connectivity index (χ4n) is 2.24. The summed E-state index contributed by atoms with van der Waals surface area (Å²) >= 11 is 0. The van der Waals surface area contributed by atoms with Gasteiger partial charge in [-0.2, -0.15) is 0 Å². The third-order valence-corrected chi connectivity index (χ3v) is 3.03. The first-order valence-electron chi connectivity index (χ1n) is 5.37. The number of aromatic carboxylic acids is 1. The fraction of sp³-hybridized carbons (Fsp3) is 0.308. The van der Waals surface area contributed by atoms with Crippen LogP contribution in [0.3, 0.4) is 0 Å². The molecule has 0 amide bonds. The Morgan fingerprint density at radius 1 is 1.44 bits per heavy atom. The van der Waals surface area contributed by atoms with E-state index < -0.39 is 5.97 Å². The van der Waals surface area contributed by atoms with E-state index in [2.05, 4.69) is 6.92 Å². The topological polar surface area (TPSA) is 42.2 Å². The van der Waals surface area contributed by atoms with E-state index in [0.717, 1.165) is 22.9 Å². The van der Waals surface area contributed by atoms with Crippen molar-refractivity contribution in [3.8, 4) is 0 Å². The summed E-state index contributed by atoms with van der Waals surface area (Å²) in [7, 11) is 1.90. The molecule has 3 nitrogen and oxygen atoms in total. The van der Waals surface area contributed by atoms with Gasteiger partial charge in [0.05, 0.1) is 11.1 Å². The Morgan fingerprint density at radius 3 is 2.69 bits per heavy atom. The SMILES string of the molecule is CCc1cn(C)c2c(C(=O)O)c(C)ccc12. The third-order valence-electron chi connectivity index (χ3n) is 3.03. The van der Waals surface area contributed by atoms with Gasteiger partial charge in [-0.15, -0.1) is 0 Å². The number of fused-ring (bicyclic) bond motifs is 1. The summed E-state index contributed by atoms with van der Waals surface area (Å²) in [6.45, 7) is 3.91. The number of nitrogens with zero attached hydrogens (tertiary/aromatic N) is 1. The quantitative estimate of drug-likeness (QED) is 0.840. The first-order valence-corrected chi connectivity index (χ1v) is 5.37. The second-order valence-corrected chi connectivity index (χ2v) is 4.08. The summed E-state index contributed by atoms with van der Waals surface area (Å²) in [4.78, 5) is 11.3. The molecular weight excluding hydrogens is 202 g/mol. The standard InChI is InChI=1S/C13H15NO2/c1-4-9-7-14(3)12-10(9)6-5-8(2)11(12)13(15)16/h5-7H,4H2,1-3H3,(H,15,16). The summed E-state index contributed by atoms with van der Waals surface area (Å²) in [6, 6.07) is 3.89. The van der Waals surface area contributed by atoms with Crippen LogP contribution in [0.1, 0.15) is 28.4 Å². The van der Waals surface area contributed by atoms with Gasteiger partial charge < -0.3 is 9.67 Å². The highest BCUT2D eigenvalue weighted by atomic mass is 16.4. The van der Waals surface area contributed by atoms with E-state index in [1.807, 2.05) is 36.9 Å². The van der Waals surface area contributed by atoms with Gasteiger partial charge in [-0.1, -0.05) is 19.1 Å². The number of carboxylic acid groups (broad SMARTS) is 1. The van der Waals surface area contributed by atoms with Crippen molar-refractivity contribution < 1.29 is 9.90 Å². The molecule has 1 aromatic carbocycles. The minimum absolute atomic E-state index is 0.416. The van der Waals surface area contributed by atoms with Crippen LogP contribution in [0.4, 0.5) is 0 Å². The normalized spacial score (nSPS) is 10.9. The molecule has 2 aromatic rings. The number of carbonyl (C=O) groups is 1. The zero-order chi connectivity index (χ0) is 11.9. The van der Waals surface area contributed by atoms with Crippen LogP contribution in [-0.4, -0.2) is 15.6 Å². The first kappa shape index (κ1) is 10.7. The average molecular weight is 217 g/mol. The van der Waals surface area contributed by atoms with E-state index in [-0.39, 0.29) is 0 Å². The number of carboxylic acids is 1. The Bertz CT molecular complexity index is 567. The molecule has 0 saturated heterocycles. The summed E-state index contributed by atoms with van der Waals surface area (Å²) in [5.41, 5.74) is 3.24. The van der Waals surface area contributed by atoms with E-state index in [4.69, 9.17) is 0 Å².